The minimum Gasteiger partial charge on any atom is -0.341 e. The van der Waals surface area contributed by atoms with Gasteiger partial charge in [0.1, 0.15) is 6.54 Å². The molecule has 7 heteroatoms. The number of nitrogens with one attached hydrogen (secondary N) is 1. The van der Waals surface area contributed by atoms with Crippen LogP contribution in [0.25, 0.3) is 0 Å². The summed E-state index contributed by atoms with van der Waals surface area (Å²) < 4.78 is 1.46. The molecule has 0 radical (unpaired) electrons. The molecule has 1 aromatic rings. The quantitative estimate of drug-likeness (QED) is 0.869. The lowest BCUT2D eigenvalue weighted by atomic mass is 10.2. The Balaban J connectivity index is 1.90. The molecule has 0 aromatic carbocycles. The predicted molar refractivity (Wildman–Crippen MR) is 69.4 cm³/mol. The fourth-order valence-electron chi connectivity index (χ4n) is 2.17. The van der Waals surface area contributed by atoms with Crippen LogP contribution >= 0.6 is 0 Å². The zero-order chi connectivity index (χ0) is 13.7. The molecule has 104 valence electrons. The third-order valence-corrected chi connectivity index (χ3v) is 3.10. The number of anilines is 1. The van der Waals surface area contributed by atoms with Gasteiger partial charge in [0.2, 0.25) is 11.8 Å². The van der Waals surface area contributed by atoms with Crippen LogP contribution in [0.1, 0.15) is 32.6 Å². The van der Waals surface area contributed by atoms with Crippen LogP contribution in [0.15, 0.2) is 6.20 Å². The van der Waals surface area contributed by atoms with Crippen LogP contribution in [0.4, 0.5) is 5.82 Å². The molecule has 7 nitrogen and oxygen atoms in total. The third kappa shape index (κ3) is 4.04. The highest BCUT2D eigenvalue weighted by molar-refractivity contribution is 5.87. The molecule has 0 bridgehead atoms. The fourth-order valence-corrected chi connectivity index (χ4v) is 2.17. The Kier molecular flexibility index (Phi) is 4.48. The number of nitrogens with zero attached hydrogens (tertiary/aromatic N) is 4. The van der Waals surface area contributed by atoms with Crippen molar-refractivity contribution in [3.63, 3.8) is 0 Å². The van der Waals surface area contributed by atoms with Crippen molar-refractivity contribution in [2.24, 2.45) is 0 Å². The summed E-state index contributed by atoms with van der Waals surface area (Å²) in [5.41, 5.74) is 0. The van der Waals surface area contributed by atoms with Crippen molar-refractivity contribution in [2.75, 3.05) is 18.4 Å². The topological polar surface area (TPSA) is 80.1 Å². The summed E-state index contributed by atoms with van der Waals surface area (Å²) in [6.45, 7) is 3.23. The number of carbonyl (C=O) groups excluding carboxylic acids is 2. The lowest BCUT2D eigenvalue weighted by Gasteiger charge is -2.19. The molecule has 0 aliphatic carbocycles. The van der Waals surface area contributed by atoms with Crippen LogP contribution in [0, 0.1) is 0 Å². The Morgan fingerprint density at radius 2 is 1.95 bits per heavy atom. The molecule has 1 aliphatic rings. The van der Waals surface area contributed by atoms with Gasteiger partial charge in [0, 0.05) is 20.0 Å². The molecule has 0 unspecified atom stereocenters. The average Bonchev–Trinajstić information content (AvgIpc) is 2.64. The van der Waals surface area contributed by atoms with Gasteiger partial charge in [-0.2, -0.15) is 0 Å². The maximum atomic E-state index is 12.1. The first-order chi connectivity index (χ1) is 9.15. The second-order valence-corrected chi connectivity index (χ2v) is 4.78. The lowest BCUT2D eigenvalue weighted by Crippen LogP contribution is -2.34. The number of carbonyl (C=O) groups is 2. The van der Waals surface area contributed by atoms with E-state index in [0.717, 1.165) is 25.9 Å². The normalized spacial score (nSPS) is 15.9. The summed E-state index contributed by atoms with van der Waals surface area (Å²) in [5, 5.41) is 10.1. The largest absolute Gasteiger partial charge is 0.341 e. The number of hydrogen-bond donors (Lipinski definition) is 1. The minimum atomic E-state index is -0.203. The molecule has 1 N–H and O–H groups in total. The first-order valence-corrected chi connectivity index (χ1v) is 6.60. The van der Waals surface area contributed by atoms with Crippen molar-refractivity contribution >= 4 is 17.6 Å². The number of hydrogen-bond acceptors (Lipinski definition) is 4. The van der Waals surface area contributed by atoms with Crippen LogP contribution in [0.2, 0.25) is 0 Å². The molecule has 2 heterocycles. The summed E-state index contributed by atoms with van der Waals surface area (Å²) in [6, 6.07) is 0. The Morgan fingerprint density at radius 3 is 2.58 bits per heavy atom. The maximum absolute atomic E-state index is 12.1. The molecule has 0 spiro atoms. The van der Waals surface area contributed by atoms with Gasteiger partial charge < -0.3 is 10.2 Å². The fraction of sp³-hybridized carbons (Fsp3) is 0.667. The van der Waals surface area contributed by atoms with E-state index in [1.54, 1.807) is 6.20 Å². The predicted octanol–water partition coefficient (Wildman–Crippen LogP) is 0.639. The van der Waals surface area contributed by atoms with E-state index in [0.29, 0.717) is 5.82 Å². The van der Waals surface area contributed by atoms with Crippen molar-refractivity contribution in [2.45, 2.75) is 39.2 Å². The van der Waals surface area contributed by atoms with Crippen molar-refractivity contribution in [1.82, 2.24) is 19.9 Å². The van der Waals surface area contributed by atoms with Crippen molar-refractivity contribution < 1.29 is 9.59 Å². The molecule has 1 aliphatic heterocycles. The standard InChI is InChI=1S/C12H19N5O2/c1-10(18)13-11-8-17(15-14-11)9-12(19)16-6-4-2-3-5-7-16/h8H,2-7,9H2,1H3,(H,13,18). The van der Waals surface area contributed by atoms with Gasteiger partial charge in [-0.25, -0.2) is 4.68 Å². The van der Waals surface area contributed by atoms with Gasteiger partial charge in [-0.1, -0.05) is 18.1 Å². The first kappa shape index (κ1) is 13.5. The van der Waals surface area contributed by atoms with Crippen LogP contribution in [-0.4, -0.2) is 44.8 Å². The summed E-state index contributed by atoms with van der Waals surface area (Å²) in [4.78, 5) is 24.9. The van der Waals surface area contributed by atoms with Gasteiger partial charge in [0.15, 0.2) is 5.82 Å². The molecule has 2 amide bonds. The monoisotopic (exact) mass is 265 g/mol. The van der Waals surface area contributed by atoms with Crippen LogP contribution in [0.3, 0.4) is 0 Å². The van der Waals surface area contributed by atoms with Crippen LogP contribution < -0.4 is 5.32 Å². The summed E-state index contributed by atoms with van der Waals surface area (Å²) >= 11 is 0. The van der Waals surface area contributed by atoms with E-state index in [4.69, 9.17) is 0 Å². The molecule has 1 aromatic heterocycles. The Labute approximate surface area is 112 Å². The second kappa shape index (κ2) is 6.31. The Hall–Kier alpha value is -1.92. The highest BCUT2D eigenvalue weighted by Gasteiger charge is 2.16. The zero-order valence-electron chi connectivity index (χ0n) is 11.1. The Morgan fingerprint density at radius 1 is 1.26 bits per heavy atom. The average molecular weight is 265 g/mol. The summed E-state index contributed by atoms with van der Waals surface area (Å²) in [6.07, 6.45) is 6.09. The van der Waals surface area contributed by atoms with Gasteiger partial charge in [0.25, 0.3) is 0 Å². The molecule has 2 rings (SSSR count). The Bertz CT molecular complexity index is 449. The van der Waals surface area contributed by atoms with Gasteiger partial charge in [-0.15, -0.1) is 5.10 Å². The molecule has 0 saturated carbocycles. The number of amides is 2. The second-order valence-electron chi connectivity index (χ2n) is 4.78. The first-order valence-electron chi connectivity index (χ1n) is 6.60. The summed E-state index contributed by atoms with van der Waals surface area (Å²) in [7, 11) is 0. The van der Waals surface area contributed by atoms with Crippen molar-refractivity contribution in [3.05, 3.63) is 6.20 Å². The van der Waals surface area contributed by atoms with Crippen molar-refractivity contribution in [3.8, 4) is 0 Å². The van der Waals surface area contributed by atoms with Gasteiger partial charge in [0.05, 0.1) is 6.20 Å². The van der Waals surface area contributed by atoms with Crippen LogP contribution in [-0.2, 0) is 16.1 Å². The highest BCUT2D eigenvalue weighted by Crippen LogP contribution is 2.10. The van der Waals surface area contributed by atoms with Crippen LogP contribution in [0.5, 0.6) is 0 Å². The van der Waals surface area contributed by atoms with E-state index < -0.39 is 0 Å². The van der Waals surface area contributed by atoms with E-state index in [-0.39, 0.29) is 18.4 Å². The maximum Gasteiger partial charge on any atom is 0.244 e. The van der Waals surface area contributed by atoms with Gasteiger partial charge >= 0.3 is 0 Å². The molecule has 0 atom stereocenters. The number of rotatable bonds is 3. The van der Waals surface area contributed by atoms with E-state index in [1.165, 1.54) is 24.4 Å². The molecule has 1 saturated heterocycles. The number of aromatic nitrogens is 3. The van der Waals surface area contributed by atoms with Gasteiger partial charge in [-0.3, -0.25) is 9.59 Å². The van der Waals surface area contributed by atoms with E-state index in [2.05, 4.69) is 15.6 Å². The van der Waals surface area contributed by atoms with E-state index >= 15 is 0 Å². The highest BCUT2D eigenvalue weighted by atomic mass is 16.2. The molecular formula is C12H19N5O2. The zero-order valence-corrected chi connectivity index (χ0v) is 11.1. The summed E-state index contributed by atoms with van der Waals surface area (Å²) in [5.74, 6) is 0.225. The smallest absolute Gasteiger partial charge is 0.244 e. The third-order valence-electron chi connectivity index (χ3n) is 3.10. The van der Waals surface area contributed by atoms with E-state index in [1.807, 2.05) is 4.90 Å². The van der Waals surface area contributed by atoms with E-state index in [9.17, 15) is 9.59 Å². The SMILES string of the molecule is CC(=O)Nc1cn(CC(=O)N2CCCCCC2)nn1. The molecule has 19 heavy (non-hydrogen) atoms. The number of likely N-dealkylation sites (tertiary alicyclic amines) is 1. The van der Waals surface area contributed by atoms with Crippen molar-refractivity contribution in [1.29, 1.82) is 0 Å². The lowest BCUT2D eigenvalue weighted by molar-refractivity contribution is -0.132. The van der Waals surface area contributed by atoms with Gasteiger partial charge in [-0.05, 0) is 12.8 Å². The molecule has 1 fully saturated rings. The minimum absolute atomic E-state index is 0.0566. The molecular weight excluding hydrogens is 246 g/mol.